The monoisotopic (exact) mass is 319 g/mol. The number of halogens is 1. The van der Waals surface area contributed by atoms with E-state index in [1.807, 2.05) is 19.9 Å². The summed E-state index contributed by atoms with van der Waals surface area (Å²) in [5.74, 6) is -0.331. The maximum absolute atomic E-state index is 13.4. The maximum atomic E-state index is 13.4. The summed E-state index contributed by atoms with van der Waals surface area (Å²) in [5.41, 5.74) is 0.849. The van der Waals surface area contributed by atoms with Crippen molar-refractivity contribution in [1.29, 1.82) is 0 Å². The Kier molecular flexibility index (Phi) is 4.00. The van der Waals surface area contributed by atoms with Crippen LogP contribution in [0.4, 0.5) is 10.1 Å². The van der Waals surface area contributed by atoms with Crippen molar-refractivity contribution in [3.63, 3.8) is 0 Å². The molecule has 0 bridgehead atoms. The molecule has 2 aliphatic rings. The zero-order valence-electron chi connectivity index (χ0n) is 13.8. The summed E-state index contributed by atoms with van der Waals surface area (Å²) >= 11 is 0. The average molecular weight is 319 g/mol. The molecule has 6 heteroatoms. The van der Waals surface area contributed by atoms with Gasteiger partial charge in [0.2, 0.25) is 0 Å². The van der Waals surface area contributed by atoms with Gasteiger partial charge in [-0.05, 0) is 32.0 Å². The number of benzene rings is 1. The summed E-state index contributed by atoms with van der Waals surface area (Å²) in [7, 11) is 1.77. The Balaban J connectivity index is 1.67. The molecule has 1 fully saturated rings. The van der Waals surface area contributed by atoms with Gasteiger partial charge < -0.3 is 14.6 Å². The summed E-state index contributed by atoms with van der Waals surface area (Å²) < 4.78 is 13.4. The normalized spacial score (nSPS) is 23.3. The molecule has 2 aliphatic heterocycles. The number of anilines is 1. The Hall–Kier alpha value is -2.11. The highest BCUT2D eigenvalue weighted by molar-refractivity contribution is 6.39. The maximum Gasteiger partial charge on any atom is 0.271 e. The van der Waals surface area contributed by atoms with Gasteiger partial charge in [-0.15, -0.1) is 0 Å². The largest absolute Gasteiger partial charge is 0.386 e. The smallest absolute Gasteiger partial charge is 0.271 e. The number of hydrogen-bond donors (Lipinski definition) is 0. The number of hydrogen-bond acceptors (Lipinski definition) is 4. The second kappa shape index (κ2) is 5.83. The first-order valence-electron chi connectivity index (χ1n) is 7.93. The predicted octanol–water partition coefficient (Wildman–Crippen LogP) is 2.42. The molecule has 1 aromatic rings. The molecule has 23 heavy (non-hydrogen) atoms. The summed E-state index contributed by atoms with van der Waals surface area (Å²) in [5, 5.41) is 4.04. The Morgan fingerprint density at radius 1 is 1.48 bits per heavy atom. The lowest BCUT2D eigenvalue weighted by molar-refractivity contribution is -0.124. The van der Waals surface area contributed by atoms with Crippen molar-refractivity contribution in [2.45, 2.75) is 38.3 Å². The summed E-state index contributed by atoms with van der Waals surface area (Å²) in [4.78, 5) is 21.8. The molecular formula is C17H22FN3O2. The molecule has 1 aromatic carbocycles. The van der Waals surface area contributed by atoms with E-state index in [9.17, 15) is 9.18 Å². The van der Waals surface area contributed by atoms with Crippen LogP contribution in [0.5, 0.6) is 0 Å². The van der Waals surface area contributed by atoms with Gasteiger partial charge in [0.15, 0.2) is 5.60 Å². The molecule has 5 nitrogen and oxygen atoms in total. The highest BCUT2D eigenvalue weighted by Gasteiger charge is 2.47. The molecular weight excluding hydrogens is 297 g/mol. The standard InChI is InChI=1S/C17H22FN3O2/c1-12(2)20(3)16(22)15-10-17(23-19-15)7-8-21(11-17)14-6-4-5-13(18)9-14/h4-6,9,12H,7-8,10-11H2,1-3H3/t17-/m0/s1. The minimum absolute atomic E-state index is 0.0823. The van der Waals surface area contributed by atoms with Crippen LogP contribution in [-0.2, 0) is 9.63 Å². The third kappa shape index (κ3) is 3.02. The lowest BCUT2D eigenvalue weighted by Gasteiger charge is -2.24. The summed E-state index contributed by atoms with van der Waals surface area (Å²) in [6.07, 6.45) is 1.28. The number of oxime groups is 1. The van der Waals surface area contributed by atoms with Crippen molar-refractivity contribution in [3.05, 3.63) is 30.1 Å². The molecule has 1 saturated heterocycles. The Morgan fingerprint density at radius 2 is 2.26 bits per heavy atom. The van der Waals surface area contributed by atoms with Crippen molar-refractivity contribution in [2.24, 2.45) is 5.16 Å². The van der Waals surface area contributed by atoms with E-state index < -0.39 is 5.60 Å². The third-order valence-corrected chi connectivity index (χ3v) is 4.67. The Morgan fingerprint density at radius 3 is 2.96 bits per heavy atom. The van der Waals surface area contributed by atoms with Gasteiger partial charge in [-0.3, -0.25) is 4.79 Å². The van der Waals surface area contributed by atoms with E-state index in [-0.39, 0.29) is 17.8 Å². The highest BCUT2D eigenvalue weighted by atomic mass is 19.1. The first kappa shape index (κ1) is 15.8. The van der Waals surface area contributed by atoms with E-state index in [1.165, 1.54) is 12.1 Å². The Labute approximate surface area is 135 Å². The highest BCUT2D eigenvalue weighted by Crippen LogP contribution is 2.36. The van der Waals surface area contributed by atoms with Gasteiger partial charge in [-0.1, -0.05) is 11.2 Å². The van der Waals surface area contributed by atoms with Crippen LogP contribution >= 0.6 is 0 Å². The topological polar surface area (TPSA) is 45.1 Å². The van der Waals surface area contributed by atoms with E-state index in [1.54, 1.807) is 18.0 Å². The third-order valence-electron chi connectivity index (χ3n) is 4.67. The quantitative estimate of drug-likeness (QED) is 0.859. The fraction of sp³-hybridized carbons (Fsp3) is 0.529. The molecule has 1 atom stereocenters. The van der Waals surface area contributed by atoms with Crippen LogP contribution < -0.4 is 4.90 Å². The van der Waals surface area contributed by atoms with Crippen molar-refractivity contribution in [3.8, 4) is 0 Å². The average Bonchev–Trinajstić information content (AvgIpc) is 3.13. The van der Waals surface area contributed by atoms with E-state index in [0.717, 1.165) is 18.7 Å². The van der Waals surface area contributed by atoms with Crippen molar-refractivity contribution >= 4 is 17.3 Å². The Bertz CT molecular complexity index is 646. The van der Waals surface area contributed by atoms with Crippen molar-refractivity contribution in [2.75, 3.05) is 25.0 Å². The predicted molar refractivity (Wildman–Crippen MR) is 87.0 cm³/mol. The van der Waals surface area contributed by atoms with Gasteiger partial charge in [-0.25, -0.2) is 4.39 Å². The number of nitrogens with zero attached hydrogens (tertiary/aromatic N) is 3. The summed E-state index contributed by atoms with van der Waals surface area (Å²) in [6, 6.07) is 6.66. The van der Waals surface area contributed by atoms with Gasteiger partial charge in [0.05, 0.1) is 6.54 Å². The minimum atomic E-state index is -0.463. The van der Waals surface area contributed by atoms with Gasteiger partial charge >= 0.3 is 0 Å². The van der Waals surface area contributed by atoms with E-state index >= 15 is 0 Å². The second-order valence-corrected chi connectivity index (χ2v) is 6.65. The van der Waals surface area contributed by atoms with Gasteiger partial charge in [0.25, 0.3) is 5.91 Å². The number of carbonyl (C=O) groups is 1. The lowest BCUT2D eigenvalue weighted by Crippen LogP contribution is -2.40. The van der Waals surface area contributed by atoms with Crippen molar-refractivity contribution < 1.29 is 14.0 Å². The molecule has 0 saturated carbocycles. The molecule has 0 unspecified atom stereocenters. The van der Waals surface area contributed by atoms with Crippen LogP contribution in [0.2, 0.25) is 0 Å². The van der Waals surface area contributed by atoms with Gasteiger partial charge in [0, 0.05) is 38.2 Å². The molecule has 124 valence electrons. The van der Waals surface area contributed by atoms with E-state index in [4.69, 9.17) is 4.84 Å². The molecule has 1 amide bonds. The number of carbonyl (C=O) groups excluding carboxylic acids is 1. The van der Waals surface area contributed by atoms with Crippen molar-refractivity contribution in [1.82, 2.24) is 4.90 Å². The van der Waals surface area contributed by atoms with Crippen LogP contribution in [0.1, 0.15) is 26.7 Å². The fourth-order valence-corrected chi connectivity index (χ4v) is 3.03. The molecule has 2 heterocycles. The zero-order valence-corrected chi connectivity index (χ0v) is 13.8. The van der Waals surface area contributed by atoms with E-state index in [2.05, 4.69) is 10.1 Å². The van der Waals surface area contributed by atoms with Gasteiger partial charge in [0.1, 0.15) is 11.5 Å². The van der Waals surface area contributed by atoms with Crippen LogP contribution in [0, 0.1) is 5.82 Å². The zero-order chi connectivity index (χ0) is 16.6. The number of rotatable bonds is 3. The van der Waals surface area contributed by atoms with Crippen LogP contribution in [-0.4, -0.2) is 48.3 Å². The molecule has 0 radical (unpaired) electrons. The van der Waals surface area contributed by atoms with Crippen LogP contribution in [0.25, 0.3) is 0 Å². The molecule has 0 aliphatic carbocycles. The van der Waals surface area contributed by atoms with Crippen LogP contribution in [0.15, 0.2) is 29.4 Å². The van der Waals surface area contributed by atoms with E-state index in [0.29, 0.717) is 18.7 Å². The molecule has 0 N–H and O–H groups in total. The molecule has 0 aromatic heterocycles. The second-order valence-electron chi connectivity index (χ2n) is 6.65. The SMILES string of the molecule is CC(C)N(C)C(=O)C1=NO[C@@]2(CCN(c3cccc(F)c3)C2)C1. The number of amides is 1. The summed E-state index contributed by atoms with van der Waals surface area (Å²) in [6.45, 7) is 5.30. The first-order valence-corrected chi connectivity index (χ1v) is 7.93. The molecule has 1 spiro atoms. The minimum Gasteiger partial charge on any atom is -0.386 e. The van der Waals surface area contributed by atoms with Gasteiger partial charge in [-0.2, -0.15) is 0 Å². The first-order chi connectivity index (χ1) is 10.9. The molecule has 3 rings (SSSR count). The lowest BCUT2D eigenvalue weighted by atomic mass is 9.96. The van der Waals surface area contributed by atoms with Crippen LogP contribution in [0.3, 0.4) is 0 Å². The fourth-order valence-electron chi connectivity index (χ4n) is 3.03.